The second-order valence-electron chi connectivity index (χ2n) is 5.53. The van der Waals surface area contributed by atoms with Crippen LogP contribution in [0.1, 0.15) is 53.4 Å². The van der Waals surface area contributed by atoms with Gasteiger partial charge in [0.05, 0.1) is 12.6 Å². The molecule has 1 atom stereocenters. The molecule has 0 radical (unpaired) electrons. The molecule has 0 N–H and O–H groups in total. The first-order valence-corrected chi connectivity index (χ1v) is 6.57. The summed E-state index contributed by atoms with van der Waals surface area (Å²) in [5.41, 5.74) is -0.00163. The lowest BCUT2D eigenvalue weighted by molar-refractivity contribution is 0.185. The van der Waals surface area contributed by atoms with Gasteiger partial charge in [-0.05, 0) is 24.2 Å². The van der Waals surface area contributed by atoms with Crippen molar-refractivity contribution in [1.82, 2.24) is 0 Å². The molecule has 4 heteroatoms. The van der Waals surface area contributed by atoms with Crippen LogP contribution in [0.4, 0.5) is 0 Å². The lowest BCUT2D eigenvalue weighted by Crippen LogP contribution is -2.33. The summed E-state index contributed by atoms with van der Waals surface area (Å²) in [4.78, 5) is 27.9. The summed E-state index contributed by atoms with van der Waals surface area (Å²) < 4.78 is 0. The molecule has 0 bridgehead atoms. The van der Waals surface area contributed by atoms with E-state index in [1.807, 2.05) is 0 Å². The van der Waals surface area contributed by atoms with E-state index in [9.17, 15) is 9.59 Å². The van der Waals surface area contributed by atoms with Crippen LogP contribution in [0, 0.1) is 11.3 Å². The summed E-state index contributed by atoms with van der Waals surface area (Å²) in [6.07, 6.45) is 6.97. The van der Waals surface area contributed by atoms with Crippen LogP contribution in [0.3, 0.4) is 0 Å². The second kappa shape index (κ2) is 8.79. The first-order chi connectivity index (χ1) is 8.46. The molecule has 0 aliphatic heterocycles. The highest BCUT2D eigenvalue weighted by molar-refractivity contribution is 5.34. The highest BCUT2D eigenvalue weighted by Crippen LogP contribution is 2.34. The van der Waals surface area contributed by atoms with Crippen LogP contribution >= 0.6 is 0 Å². The third kappa shape index (κ3) is 5.90. The van der Waals surface area contributed by atoms with Crippen molar-refractivity contribution < 1.29 is 9.59 Å². The van der Waals surface area contributed by atoms with E-state index >= 15 is 0 Å². The Morgan fingerprint density at radius 1 is 1.06 bits per heavy atom. The van der Waals surface area contributed by atoms with E-state index in [4.69, 9.17) is 0 Å². The molecule has 0 fully saturated rings. The second-order valence-corrected chi connectivity index (χ2v) is 5.53. The van der Waals surface area contributed by atoms with Gasteiger partial charge < -0.3 is 0 Å². The molecule has 0 aromatic heterocycles. The first-order valence-electron chi connectivity index (χ1n) is 6.57. The molecule has 4 nitrogen and oxygen atoms in total. The van der Waals surface area contributed by atoms with Gasteiger partial charge in [0.2, 0.25) is 12.2 Å². The van der Waals surface area contributed by atoms with Crippen molar-refractivity contribution in [2.75, 3.05) is 6.54 Å². The van der Waals surface area contributed by atoms with Crippen molar-refractivity contribution in [2.45, 2.75) is 59.4 Å². The molecule has 0 amide bonds. The van der Waals surface area contributed by atoms with Crippen molar-refractivity contribution in [1.29, 1.82) is 0 Å². The third-order valence-corrected chi connectivity index (χ3v) is 3.87. The van der Waals surface area contributed by atoms with E-state index in [0.717, 1.165) is 25.7 Å². The van der Waals surface area contributed by atoms with Crippen LogP contribution in [0.15, 0.2) is 9.98 Å². The van der Waals surface area contributed by atoms with Crippen LogP contribution in [0.5, 0.6) is 0 Å². The Balaban J connectivity index is 4.21. The molecular formula is C14H24N2O2. The summed E-state index contributed by atoms with van der Waals surface area (Å²) in [7, 11) is 0. The van der Waals surface area contributed by atoms with Crippen LogP contribution < -0.4 is 0 Å². The maximum atomic E-state index is 10.5. The molecule has 1 unspecified atom stereocenters. The van der Waals surface area contributed by atoms with Gasteiger partial charge in [-0.15, -0.1) is 0 Å². The molecule has 0 saturated carbocycles. The maximum absolute atomic E-state index is 10.5. The molecule has 0 aromatic carbocycles. The quantitative estimate of drug-likeness (QED) is 0.359. The molecule has 18 heavy (non-hydrogen) atoms. The number of isocyanates is 2. The van der Waals surface area contributed by atoms with Gasteiger partial charge in [0.25, 0.3) is 0 Å². The largest absolute Gasteiger partial charge is 0.235 e. The summed E-state index contributed by atoms with van der Waals surface area (Å²) in [5, 5.41) is 0. The van der Waals surface area contributed by atoms with E-state index in [1.165, 1.54) is 6.08 Å². The van der Waals surface area contributed by atoms with Crippen LogP contribution in [0.2, 0.25) is 0 Å². The SMILES string of the molecule is CC(C)C(C)(C)C(CCCCCN=C=O)N=C=O. The van der Waals surface area contributed by atoms with Crippen LogP contribution in [-0.4, -0.2) is 24.7 Å². The molecule has 0 aliphatic carbocycles. The number of hydrogen-bond donors (Lipinski definition) is 0. The average molecular weight is 252 g/mol. The molecule has 0 heterocycles. The number of nitrogens with zero attached hydrogens (tertiary/aromatic N) is 2. The number of unbranched alkanes of at least 4 members (excludes halogenated alkanes) is 2. The van der Waals surface area contributed by atoms with Gasteiger partial charge in [0.1, 0.15) is 0 Å². The lowest BCUT2D eigenvalue weighted by atomic mass is 9.73. The molecule has 0 saturated heterocycles. The Morgan fingerprint density at radius 3 is 2.22 bits per heavy atom. The minimum Gasteiger partial charge on any atom is -0.211 e. The topological polar surface area (TPSA) is 58.9 Å². The molecular weight excluding hydrogens is 228 g/mol. The first kappa shape index (κ1) is 16.8. The average Bonchev–Trinajstić information content (AvgIpc) is 2.31. The van der Waals surface area contributed by atoms with Crippen molar-refractivity contribution in [2.24, 2.45) is 21.3 Å². The Labute approximate surface area is 110 Å². The van der Waals surface area contributed by atoms with Gasteiger partial charge in [-0.1, -0.05) is 40.5 Å². The van der Waals surface area contributed by atoms with E-state index in [0.29, 0.717) is 12.5 Å². The van der Waals surface area contributed by atoms with Gasteiger partial charge in [-0.3, -0.25) is 0 Å². The predicted molar refractivity (Wildman–Crippen MR) is 72.0 cm³/mol. The van der Waals surface area contributed by atoms with Crippen molar-refractivity contribution in [3.63, 3.8) is 0 Å². The Hall–Kier alpha value is -1.24. The number of aliphatic imine (C=N–C) groups is 2. The van der Waals surface area contributed by atoms with Crippen molar-refractivity contribution >= 4 is 12.2 Å². The monoisotopic (exact) mass is 252 g/mol. The zero-order valence-electron chi connectivity index (χ0n) is 11.9. The van der Waals surface area contributed by atoms with E-state index in [-0.39, 0.29) is 11.5 Å². The fourth-order valence-electron chi connectivity index (χ4n) is 1.80. The lowest BCUT2D eigenvalue weighted by Gasteiger charge is -2.34. The summed E-state index contributed by atoms with van der Waals surface area (Å²) >= 11 is 0. The zero-order chi connectivity index (χ0) is 14.0. The van der Waals surface area contributed by atoms with Gasteiger partial charge in [0, 0.05) is 0 Å². The molecule has 0 aliphatic rings. The van der Waals surface area contributed by atoms with E-state index < -0.39 is 0 Å². The number of hydrogen-bond acceptors (Lipinski definition) is 4. The molecule has 0 aromatic rings. The van der Waals surface area contributed by atoms with Crippen molar-refractivity contribution in [3.8, 4) is 0 Å². The Kier molecular flexibility index (Phi) is 8.19. The molecule has 102 valence electrons. The highest BCUT2D eigenvalue weighted by Gasteiger charge is 2.32. The minimum absolute atomic E-state index is 0.00163. The van der Waals surface area contributed by atoms with Gasteiger partial charge >= 0.3 is 0 Å². The smallest absolute Gasteiger partial charge is 0.211 e. The Morgan fingerprint density at radius 2 is 1.72 bits per heavy atom. The summed E-state index contributed by atoms with van der Waals surface area (Å²) in [6.45, 7) is 9.11. The van der Waals surface area contributed by atoms with Crippen LogP contribution in [0.25, 0.3) is 0 Å². The molecule has 0 spiro atoms. The fraction of sp³-hybridized carbons (Fsp3) is 0.857. The Bertz CT molecular complexity index is 325. The van der Waals surface area contributed by atoms with Gasteiger partial charge in [-0.25, -0.2) is 19.6 Å². The zero-order valence-corrected chi connectivity index (χ0v) is 11.9. The van der Waals surface area contributed by atoms with E-state index in [2.05, 4.69) is 37.7 Å². The fourth-order valence-corrected chi connectivity index (χ4v) is 1.80. The maximum Gasteiger partial charge on any atom is 0.235 e. The number of carbonyl (C=O) groups excluding carboxylic acids is 2. The minimum atomic E-state index is -0.00163. The predicted octanol–water partition coefficient (Wildman–Crippen LogP) is 3.27. The summed E-state index contributed by atoms with van der Waals surface area (Å²) in [5.74, 6) is 0.458. The highest BCUT2D eigenvalue weighted by atomic mass is 16.1. The van der Waals surface area contributed by atoms with E-state index in [1.54, 1.807) is 6.08 Å². The standard InChI is InChI=1S/C14H24N2O2/c1-12(2)14(3,4)13(16-11-18)8-6-5-7-9-15-10-17/h12-13H,5-9H2,1-4H3. The third-order valence-electron chi connectivity index (χ3n) is 3.87. The summed E-state index contributed by atoms with van der Waals surface area (Å²) in [6, 6.07) is 0.0181. The van der Waals surface area contributed by atoms with Crippen LogP contribution in [-0.2, 0) is 9.59 Å². The van der Waals surface area contributed by atoms with Crippen molar-refractivity contribution in [3.05, 3.63) is 0 Å². The number of rotatable bonds is 9. The molecule has 0 rings (SSSR count). The van der Waals surface area contributed by atoms with Gasteiger partial charge in [-0.2, -0.15) is 0 Å². The van der Waals surface area contributed by atoms with Gasteiger partial charge in [0.15, 0.2) is 0 Å². The normalized spacial score (nSPS) is 12.7.